The predicted octanol–water partition coefficient (Wildman–Crippen LogP) is 3.19. The molecule has 0 heterocycles. The number of esters is 1. The molecule has 0 saturated carbocycles. The SMILES string of the molecule is C#C/C(=C\c1c(C)cc(C)cc1C)C(=O)OCC. The van der Waals surface area contributed by atoms with Gasteiger partial charge in [-0.2, -0.15) is 0 Å². The zero-order chi connectivity index (χ0) is 13.7. The predicted molar refractivity (Wildman–Crippen MR) is 74.1 cm³/mol. The Bertz CT molecular complexity index is 508. The minimum Gasteiger partial charge on any atom is -0.462 e. The highest BCUT2D eigenvalue weighted by Crippen LogP contribution is 2.19. The first kappa shape index (κ1) is 14.1. The van der Waals surface area contributed by atoms with Crippen molar-refractivity contribution in [3.63, 3.8) is 0 Å². The van der Waals surface area contributed by atoms with Crippen molar-refractivity contribution in [3.05, 3.63) is 40.0 Å². The number of benzene rings is 1. The van der Waals surface area contributed by atoms with Gasteiger partial charge in [0.1, 0.15) is 5.57 Å². The number of carbonyl (C=O) groups excluding carboxylic acids is 1. The quantitative estimate of drug-likeness (QED) is 0.462. The van der Waals surface area contributed by atoms with Crippen LogP contribution in [0.1, 0.15) is 29.2 Å². The summed E-state index contributed by atoms with van der Waals surface area (Å²) in [5.41, 5.74) is 4.64. The first-order valence-corrected chi connectivity index (χ1v) is 5.92. The van der Waals surface area contributed by atoms with E-state index in [1.54, 1.807) is 13.0 Å². The third-order valence-corrected chi connectivity index (χ3v) is 2.68. The Kier molecular flexibility index (Phi) is 4.74. The molecule has 0 aliphatic heterocycles. The average molecular weight is 242 g/mol. The van der Waals surface area contributed by atoms with Gasteiger partial charge in [0.25, 0.3) is 0 Å². The van der Waals surface area contributed by atoms with E-state index in [2.05, 4.69) is 18.1 Å². The topological polar surface area (TPSA) is 26.3 Å². The van der Waals surface area contributed by atoms with Crippen molar-refractivity contribution < 1.29 is 9.53 Å². The monoisotopic (exact) mass is 242 g/mol. The molecular formula is C16H18O2. The number of rotatable bonds is 3. The lowest BCUT2D eigenvalue weighted by Crippen LogP contribution is -2.06. The summed E-state index contributed by atoms with van der Waals surface area (Å²) in [4.78, 5) is 11.6. The fourth-order valence-corrected chi connectivity index (χ4v) is 1.93. The first-order chi connectivity index (χ1) is 8.49. The second-order valence-corrected chi connectivity index (χ2v) is 4.24. The van der Waals surface area contributed by atoms with Crippen molar-refractivity contribution in [2.45, 2.75) is 27.7 Å². The fourth-order valence-electron chi connectivity index (χ4n) is 1.93. The number of hydrogen-bond acceptors (Lipinski definition) is 2. The summed E-state index contributed by atoms with van der Waals surface area (Å²) in [6.07, 6.45) is 7.09. The van der Waals surface area contributed by atoms with E-state index in [0.717, 1.165) is 16.7 Å². The Labute approximate surface area is 109 Å². The second kappa shape index (κ2) is 6.07. The Morgan fingerprint density at radius 2 is 1.89 bits per heavy atom. The van der Waals surface area contributed by atoms with Crippen molar-refractivity contribution in [2.75, 3.05) is 6.61 Å². The van der Waals surface area contributed by atoms with Crippen LogP contribution in [0.5, 0.6) is 0 Å². The molecule has 2 heteroatoms. The zero-order valence-corrected chi connectivity index (χ0v) is 11.3. The molecule has 0 radical (unpaired) electrons. The summed E-state index contributed by atoms with van der Waals surface area (Å²) >= 11 is 0. The van der Waals surface area contributed by atoms with Crippen LogP contribution in [0, 0.1) is 33.1 Å². The van der Waals surface area contributed by atoms with Crippen LogP contribution in [0.25, 0.3) is 6.08 Å². The van der Waals surface area contributed by atoms with Gasteiger partial charge in [-0.15, -0.1) is 6.42 Å². The molecule has 2 nitrogen and oxygen atoms in total. The molecule has 0 aliphatic carbocycles. The highest BCUT2D eigenvalue weighted by molar-refractivity contribution is 5.98. The van der Waals surface area contributed by atoms with E-state index in [9.17, 15) is 4.79 Å². The van der Waals surface area contributed by atoms with Gasteiger partial charge in [0, 0.05) is 0 Å². The minimum atomic E-state index is -0.445. The maximum atomic E-state index is 11.6. The smallest absolute Gasteiger partial charge is 0.346 e. The lowest BCUT2D eigenvalue weighted by molar-refractivity contribution is -0.137. The molecule has 0 unspecified atom stereocenters. The van der Waals surface area contributed by atoms with Crippen molar-refractivity contribution in [2.24, 2.45) is 0 Å². The molecule has 0 aromatic heterocycles. The Balaban J connectivity index is 3.23. The maximum Gasteiger partial charge on any atom is 0.346 e. The van der Waals surface area contributed by atoms with Crippen molar-refractivity contribution >= 4 is 12.0 Å². The highest BCUT2D eigenvalue weighted by atomic mass is 16.5. The number of aryl methyl sites for hydroxylation is 3. The van der Waals surface area contributed by atoms with Gasteiger partial charge in [-0.25, -0.2) is 4.79 Å². The molecule has 1 aromatic carbocycles. The van der Waals surface area contributed by atoms with Gasteiger partial charge < -0.3 is 4.74 Å². The van der Waals surface area contributed by atoms with Gasteiger partial charge in [0.05, 0.1) is 6.61 Å². The van der Waals surface area contributed by atoms with E-state index in [1.165, 1.54) is 5.56 Å². The Hall–Kier alpha value is -2.01. The normalized spacial score (nSPS) is 10.9. The van der Waals surface area contributed by atoms with Crippen molar-refractivity contribution in [3.8, 4) is 12.3 Å². The van der Waals surface area contributed by atoms with Crippen LogP contribution < -0.4 is 0 Å². The largest absolute Gasteiger partial charge is 0.462 e. The Morgan fingerprint density at radius 3 is 2.33 bits per heavy atom. The van der Waals surface area contributed by atoms with Crippen LogP contribution in [0.3, 0.4) is 0 Å². The van der Waals surface area contributed by atoms with E-state index in [-0.39, 0.29) is 5.57 Å². The summed E-state index contributed by atoms with van der Waals surface area (Å²) < 4.78 is 4.92. The van der Waals surface area contributed by atoms with Gasteiger partial charge in [-0.05, 0) is 50.5 Å². The summed E-state index contributed by atoms with van der Waals surface area (Å²) in [6, 6.07) is 4.14. The molecule has 0 aliphatic rings. The van der Waals surface area contributed by atoms with Crippen LogP contribution in [0.2, 0.25) is 0 Å². The van der Waals surface area contributed by atoms with E-state index in [4.69, 9.17) is 11.2 Å². The lowest BCUT2D eigenvalue weighted by atomic mass is 9.98. The van der Waals surface area contributed by atoms with Gasteiger partial charge >= 0.3 is 5.97 Å². The summed E-state index contributed by atoms with van der Waals surface area (Å²) in [5.74, 6) is 1.95. The minimum absolute atomic E-state index is 0.256. The summed E-state index contributed by atoms with van der Waals surface area (Å²) in [6.45, 7) is 8.13. The number of terminal acetylenes is 1. The van der Waals surface area contributed by atoms with E-state index >= 15 is 0 Å². The third kappa shape index (κ3) is 3.24. The standard InChI is InChI=1S/C16H18O2/c1-6-14(16(17)18-7-2)10-15-12(4)8-11(3)9-13(15)5/h1,8-10H,7H2,2-5H3/b14-10+. The van der Waals surface area contributed by atoms with E-state index < -0.39 is 5.97 Å². The van der Waals surface area contributed by atoms with Crippen LogP contribution in [0.15, 0.2) is 17.7 Å². The van der Waals surface area contributed by atoms with Crippen LogP contribution in [-0.2, 0) is 9.53 Å². The van der Waals surface area contributed by atoms with Gasteiger partial charge in [-0.3, -0.25) is 0 Å². The number of carbonyl (C=O) groups is 1. The first-order valence-electron chi connectivity index (χ1n) is 5.92. The molecule has 0 amide bonds. The van der Waals surface area contributed by atoms with Gasteiger partial charge in [0.15, 0.2) is 0 Å². The molecule has 18 heavy (non-hydrogen) atoms. The van der Waals surface area contributed by atoms with Crippen molar-refractivity contribution in [1.29, 1.82) is 0 Å². The van der Waals surface area contributed by atoms with Gasteiger partial charge in [0.2, 0.25) is 0 Å². The maximum absolute atomic E-state index is 11.6. The Morgan fingerprint density at radius 1 is 1.33 bits per heavy atom. The zero-order valence-electron chi connectivity index (χ0n) is 11.3. The molecule has 0 saturated heterocycles. The number of hydrogen-bond donors (Lipinski definition) is 0. The average Bonchev–Trinajstić information content (AvgIpc) is 2.28. The molecule has 1 aromatic rings. The molecule has 0 bridgehead atoms. The molecule has 1 rings (SSSR count). The summed E-state index contributed by atoms with van der Waals surface area (Å²) in [7, 11) is 0. The molecule has 0 fully saturated rings. The third-order valence-electron chi connectivity index (χ3n) is 2.68. The molecular weight excluding hydrogens is 224 g/mol. The van der Waals surface area contributed by atoms with Crippen LogP contribution >= 0.6 is 0 Å². The van der Waals surface area contributed by atoms with Crippen molar-refractivity contribution in [1.82, 2.24) is 0 Å². The lowest BCUT2D eigenvalue weighted by Gasteiger charge is -2.08. The number of ether oxygens (including phenoxy) is 1. The van der Waals surface area contributed by atoms with E-state index in [0.29, 0.717) is 6.61 Å². The van der Waals surface area contributed by atoms with E-state index in [1.807, 2.05) is 20.8 Å². The molecule has 0 N–H and O–H groups in total. The summed E-state index contributed by atoms with van der Waals surface area (Å²) in [5, 5.41) is 0. The fraction of sp³-hybridized carbons (Fsp3) is 0.312. The van der Waals surface area contributed by atoms with Crippen LogP contribution in [-0.4, -0.2) is 12.6 Å². The molecule has 0 spiro atoms. The highest BCUT2D eigenvalue weighted by Gasteiger charge is 2.09. The van der Waals surface area contributed by atoms with Crippen LogP contribution in [0.4, 0.5) is 0 Å². The molecule has 0 atom stereocenters. The van der Waals surface area contributed by atoms with Gasteiger partial charge in [-0.1, -0.05) is 23.6 Å². The molecule has 94 valence electrons. The second-order valence-electron chi connectivity index (χ2n) is 4.24.